The highest BCUT2D eigenvalue weighted by atomic mass is 16.7. The van der Waals surface area contributed by atoms with E-state index < -0.39 is 17.7 Å². The molecular formula is C18H20N2O5. The quantitative estimate of drug-likeness (QED) is 0.495. The van der Waals surface area contributed by atoms with Gasteiger partial charge in [0.05, 0.1) is 0 Å². The summed E-state index contributed by atoms with van der Waals surface area (Å²) in [6.45, 7) is 4.87. The van der Waals surface area contributed by atoms with Crippen molar-refractivity contribution in [1.82, 2.24) is 0 Å². The van der Waals surface area contributed by atoms with Gasteiger partial charge in [-0.2, -0.15) is 0 Å². The van der Waals surface area contributed by atoms with Crippen molar-refractivity contribution >= 4 is 29.2 Å². The van der Waals surface area contributed by atoms with Crippen LogP contribution in [0.25, 0.3) is 0 Å². The predicted octanol–water partition coefficient (Wildman–Crippen LogP) is 2.48. The Morgan fingerprint density at radius 2 is 1.84 bits per heavy atom. The SMILES string of the molecule is Cc1ccc(NC=C2C(=O)OC(C)(C)OC2=O)cc1NC(=O)C1CC1. The van der Waals surface area contributed by atoms with Gasteiger partial charge in [0.25, 0.3) is 5.79 Å². The third kappa shape index (κ3) is 3.99. The highest BCUT2D eigenvalue weighted by Crippen LogP contribution is 2.31. The maximum atomic E-state index is 11.9. The maximum Gasteiger partial charge on any atom is 0.350 e. The zero-order valence-electron chi connectivity index (χ0n) is 14.3. The highest BCUT2D eigenvalue weighted by Gasteiger charge is 2.39. The van der Waals surface area contributed by atoms with Crippen molar-refractivity contribution < 1.29 is 23.9 Å². The third-order valence-electron chi connectivity index (χ3n) is 3.94. The Balaban J connectivity index is 1.73. The van der Waals surface area contributed by atoms with Crippen LogP contribution in [0.3, 0.4) is 0 Å². The van der Waals surface area contributed by atoms with Gasteiger partial charge in [-0.15, -0.1) is 0 Å². The number of carbonyl (C=O) groups excluding carboxylic acids is 3. The molecule has 25 heavy (non-hydrogen) atoms. The molecule has 2 N–H and O–H groups in total. The molecule has 1 aliphatic heterocycles. The van der Waals surface area contributed by atoms with Gasteiger partial charge < -0.3 is 20.1 Å². The Morgan fingerprint density at radius 3 is 2.44 bits per heavy atom. The summed E-state index contributed by atoms with van der Waals surface area (Å²) in [5.41, 5.74) is 2.01. The highest BCUT2D eigenvalue weighted by molar-refractivity contribution is 6.15. The van der Waals surface area contributed by atoms with Crippen molar-refractivity contribution in [2.75, 3.05) is 10.6 Å². The molecule has 2 aliphatic rings. The van der Waals surface area contributed by atoms with Gasteiger partial charge >= 0.3 is 11.9 Å². The van der Waals surface area contributed by atoms with Crippen molar-refractivity contribution in [3.05, 3.63) is 35.5 Å². The van der Waals surface area contributed by atoms with E-state index in [0.29, 0.717) is 11.4 Å². The van der Waals surface area contributed by atoms with Crippen LogP contribution >= 0.6 is 0 Å². The van der Waals surface area contributed by atoms with Crippen LogP contribution in [0.15, 0.2) is 30.0 Å². The Bertz CT molecular complexity index is 756. The molecule has 0 bridgehead atoms. The van der Waals surface area contributed by atoms with Crippen molar-refractivity contribution in [2.24, 2.45) is 5.92 Å². The second-order valence-electron chi connectivity index (χ2n) is 6.67. The molecule has 0 aromatic heterocycles. The van der Waals surface area contributed by atoms with Crippen LogP contribution in [-0.2, 0) is 23.9 Å². The van der Waals surface area contributed by atoms with E-state index in [9.17, 15) is 14.4 Å². The molecule has 1 saturated carbocycles. The summed E-state index contributed by atoms with van der Waals surface area (Å²) >= 11 is 0. The Labute approximate surface area is 145 Å². The van der Waals surface area contributed by atoms with Crippen LogP contribution in [0.2, 0.25) is 0 Å². The van der Waals surface area contributed by atoms with Gasteiger partial charge in [0.15, 0.2) is 5.57 Å². The minimum absolute atomic E-state index is 0.0141. The summed E-state index contributed by atoms with van der Waals surface area (Å²) in [6, 6.07) is 5.36. The van der Waals surface area contributed by atoms with Crippen LogP contribution in [0.4, 0.5) is 11.4 Å². The first kappa shape index (κ1) is 17.0. The Hall–Kier alpha value is -2.83. The number of benzene rings is 1. The van der Waals surface area contributed by atoms with Gasteiger partial charge in [0.2, 0.25) is 5.91 Å². The summed E-state index contributed by atoms with van der Waals surface area (Å²) in [7, 11) is 0. The predicted molar refractivity (Wildman–Crippen MR) is 90.5 cm³/mol. The molecule has 1 heterocycles. The fraction of sp³-hybridized carbons (Fsp3) is 0.389. The average Bonchev–Trinajstić information content (AvgIpc) is 3.33. The number of esters is 2. The summed E-state index contributed by atoms with van der Waals surface area (Å²) < 4.78 is 10.1. The van der Waals surface area contributed by atoms with Crippen molar-refractivity contribution in [3.8, 4) is 0 Å². The molecule has 0 radical (unpaired) electrons. The molecule has 0 atom stereocenters. The van der Waals surface area contributed by atoms with Crippen LogP contribution in [0.5, 0.6) is 0 Å². The van der Waals surface area contributed by atoms with E-state index in [-0.39, 0.29) is 17.4 Å². The number of aryl methyl sites for hydroxylation is 1. The molecular weight excluding hydrogens is 324 g/mol. The fourth-order valence-corrected chi connectivity index (χ4v) is 2.36. The van der Waals surface area contributed by atoms with Crippen molar-refractivity contribution in [1.29, 1.82) is 0 Å². The van der Waals surface area contributed by atoms with Crippen LogP contribution in [0.1, 0.15) is 32.3 Å². The van der Waals surface area contributed by atoms with E-state index in [1.165, 1.54) is 20.0 Å². The molecule has 3 rings (SSSR count). The lowest BCUT2D eigenvalue weighted by atomic mass is 10.1. The molecule has 7 heteroatoms. The number of amides is 1. The topological polar surface area (TPSA) is 93.7 Å². The number of cyclic esters (lactones) is 2. The van der Waals surface area contributed by atoms with Crippen LogP contribution < -0.4 is 10.6 Å². The smallest absolute Gasteiger partial charge is 0.350 e. The average molecular weight is 344 g/mol. The molecule has 2 fully saturated rings. The van der Waals surface area contributed by atoms with Gasteiger partial charge in [-0.1, -0.05) is 6.07 Å². The molecule has 1 aromatic rings. The van der Waals surface area contributed by atoms with Gasteiger partial charge in [-0.3, -0.25) is 4.79 Å². The Morgan fingerprint density at radius 1 is 1.20 bits per heavy atom. The van der Waals surface area contributed by atoms with Gasteiger partial charge in [-0.25, -0.2) is 9.59 Å². The van der Waals surface area contributed by atoms with Crippen molar-refractivity contribution in [2.45, 2.75) is 39.4 Å². The number of carbonyl (C=O) groups is 3. The first-order valence-electron chi connectivity index (χ1n) is 8.10. The van der Waals surface area contributed by atoms with Gasteiger partial charge in [-0.05, 0) is 37.5 Å². The number of hydrogen-bond donors (Lipinski definition) is 2. The first-order chi connectivity index (χ1) is 11.7. The summed E-state index contributed by atoms with van der Waals surface area (Å²) in [5, 5.41) is 5.77. The maximum absolute atomic E-state index is 11.9. The van der Waals surface area contributed by atoms with E-state index in [4.69, 9.17) is 9.47 Å². The van der Waals surface area contributed by atoms with E-state index in [1.54, 1.807) is 12.1 Å². The third-order valence-corrected chi connectivity index (χ3v) is 3.94. The fourth-order valence-electron chi connectivity index (χ4n) is 2.36. The zero-order valence-corrected chi connectivity index (χ0v) is 14.3. The molecule has 0 spiro atoms. The lowest BCUT2D eigenvalue weighted by molar-refractivity contribution is -0.222. The molecule has 1 amide bonds. The van der Waals surface area contributed by atoms with Crippen LogP contribution in [-0.4, -0.2) is 23.6 Å². The second-order valence-corrected chi connectivity index (χ2v) is 6.67. The molecule has 1 aliphatic carbocycles. The lowest BCUT2D eigenvalue weighted by Gasteiger charge is -2.29. The molecule has 132 valence electrons. The minimum Gasteiger partial charge on any atom is -0.419 e. The zero-order chi connectivity index (χ0) is 18.2. The minimum atomic E-state index is -1.27. The monoisotopic (exact) mass is 344 g/mol. The van der Waals surface area contributed by atoms with Gasteiger partial charge in [0.1, 0.15) is 0 Å². The summed E-state index contributed by atoms with van der Waals surface area (Å²) in [6.07, 6.45) is 3.10. The number of rotatable bonds is 4. The number of nitrogens with one attached hydrogen (secondary N) is 2. The van der Waals surface area contributed by atoms with E-state index >= 15 is 0 Å². The van der Waals surface area contributed by atoms with E-state index in [0.717, 1.165) is 18.4 Å². The normalized spacial score (nSPS) is 18.9. The number of anilines is 2. The molecule has 0 unspecified atom stereocenters. The number of hydrogen-bond acceptors (Lipinski definition) is 6. The summed E-state index contributed by atoms with van der Waals surface area (Å²) in [5.74, 6) is -2.64. The van der Waals surface area contributed by atoms with Crippen LogP contribution in [0, 0.1) is 12.8 Å². The molecule has 7 nitrogen and oxygen atoms in total. The van der Waals surface area contributed by atoms with Crippen molar-refractivity contribution in [3.63, 3.8) is 0 Å². The second kappa shape index (κ2) is 6.23. The summed E-state index contributed by atoms with van der Waals surface area (Å²) in [4.78, 5) is 35.7. The Kier molecular flexibility index (Phi) is 4.24. The molecule has 1 aromatic carbocycles. The van der Waals surface area contributed by atoms with E-state index in [1.807, 2.05) is 13.0 Å². The standard InChI is InChI=1S/C18H20N2O5/c1-10-4-7-12(8-14(10)20-15(21)11-5-6-11)19-9-13-16(22)24-18(2,3)25-17(13)23/h4,7-9,11,19H,5-6H2,1-3H3,(H,20,21). The lowest BCUT2D eigenvalue weighted by Crippen LogP contribution is -2.42. The van der Waals surface area contributed by atoms with E-state index in [2.05, 4.69) is 10.6 Å². The molecule has 1 saturated heterocycles. The largest absolute Gasteiger partial charge is 0.419 e. The van der Waals surface area contributed by atoms with Gasteiger partial charge in [0, 0.05) is 37.3 Å². The number of ether oxygens (including phenoxy) is 2. The first-order valence-corrected chi connectivity index (χ1v) is 8.10.